The molecular weight excluding hydrogens is 543 g/mol. The zero-order valence-corrected chi connectivity index (χ0v) is 25.2. The van der Waals surface area contributed by atoms with E-state index in [9.17, 15) is 19.5 Å². The van der Waals surface area contributed by atoms with Gasteiger partial charge in [-0.3, -0.25) is 4.79 Å². The molecule has 5 atom stereocenters. The van der Waals surface area contributed by atoms with Crippen LogP contribution >= 0.6 is 23.1 Å². The molecule has 4 heterocycles. The Hall–Kier alpha value is -2.41. The number of aliphatic carboxylic acids is 1. The van der Waals surface area contributed by atoms with E-state index in [0.29, 0.717) is 17.9 Å². The molecule has 1 fully saturated rings. The third kappa shape index (κ3) is 5.49. The Morgan fingerprint density at radius 3 is 2.68 bits per heavy atom. The van der Waals surface area contributed by atoms with Crippen LogP contribution in [0.1, 0.15) is 32.9 Å². The Labute approximate surface area is 232 Å². The highest BCUT2D eigenvalue weighted by Crippen LogP contribution is 2.53. The average Bonchev–Trinajstić information content (AvgIpc) is 3.38. The molecule has 0 aromatic carbocycles. The number of amides is 2. The second-order valence-corrected chi connectivity index (χ2v) is 17.5. The fraction of sp³-hybridized carbons (Fsp3) is 0.538. The van der Waals surface area contributed by atoms with Crippen molar-refractivity contribution in [3.63, 3.8) is 0 Å². The van der Waals surface area contributed by atoms with Gasteiger partial charge in [-0.1, -0.05) is 37.4 Å². The first-order chi connectivity index (χ1) is 17.8. The SMILES string of the molecule is C=CCOC(=O)N1CC=C(c2csc(SC3=C(C(=O)O)N4C(=O)[C@H]([C@@H](C)O[Si](C)(C)C)[C@H]4[C@H]3C)n2)C[C@H]1C. The molecule has 1 saturated heterocycles. The molecule has 38 heavy (non-hydrogen) atoms. The summed E-state index contributed by atoms with van der Waals surface area (Å²) in [5, 5.41) is 12.0. The zero-order chi connectivity index (χ0) is 27.9. The zero-order valence-electron chi connectivity index (χ0n) is 22.6. The normalized spacial score (nSPS) is 26.1. The second kappa shape index (κ2) is 11.0. The lowest BCUT2D eigenvalue weighted by atomic mass is 9.79. The van der Waals surface area contributed by atoms with E-state index in [2.05, 4.69) is 26.2 Å². The van der Waals surface area contributed by atoms with E-state index < -0.39 is 14.3 Å². The number of rotatable bonds is 9. The molecule has 3 aliphatic rings. The molecular formula is C26H35N3O6S2Si. The van der Waals surface area contributed by atoms with Gasteiger partial charge in [0.25, 0.3) is 0 Å². The fourth-order valence-corrected chi connectivity index (χ4v) is 8.77. The third-order valence-corrected chi connectivity index (χ3v) is 10.3. The number of carbonyl (C=O) groups is 3. The van der Waals surface area contributed by atoms with E-state index >= 15 is 0 Å². The number of nitrogens with zero attached hydrogens (tertiary/aromatic N) is 3. The van der Waals surface area contributed by atoms with Crippen molar-refractivity contribution in [2.75, 3.05) is 13.2 Å². The van der Waals surface area contributed by atoms with Gasteiger partial charge in [-0.2, -0.15) is 0 Å². The summed E-state index contributed by atoms with van der Waals surface area (Å²) in [5.74, 6) is -1.78. The summed E-state index contributed by atoms with van der Waals surface area (Å²) in [6.07, 6.45) is 3.52. The Kier molecular flexibility index (Phi) is 8.27. The first-order valence-corrected chi connectivity index (χ1v) is 17.8. The highest BCUT2D eigenvalue weighted by Gasteiger charge is 2.60. The summed E-state index contributed by atoms with van der Waals surface area (Å²) >= 11 is 2.78. The number of ether oxygens (including phenoxy) is 1. The van der Waals surface area contributed by atoms with Gasteiger partial charge in [0.15, 0.2) is 12.7 Å². The van der Waals surface area contributed by atoms with Crippen molar-refractivity contribution >= 4 is 55.0 Å². The molecule has 1 N–H and O–H groups in total. The van der Waals surface area contributed by atoms with Gasteiger partial charge < -0.3 is 24.1 Å². The summed E-state index contributed by atoms with van der Waals surface area (Å²) in [5.41, 5.74) is 1.92. The van der Waals surface area contributed by atoms with Crippen molar-refractivity contribution in [3.8, 4) is 0 Å². The van der Waals surface area contributed by atoms with Crippen molar-refractivity contribution in [2.45, 2.75) is 69.4 Å². The predicted octanol–water partition coefficient (Wildman–Crippen LogP) is 5.05. The smallest absolute Gasteiger partial charge is 0.410 e. The predicted molar refractivity (Wildman–Crippen MR) is 150 cm³/mol. The molecule has 2 amide bonds. The number of carboxylic acid groups (broad SMARTS) is 1. The minimum Gasteiger partial charge on any atom is -0.477 e. The molecule has 12 heteroatoms. The van der Waals surface area contributed by atoms with E-state index in [1.165, 1.54) is 28.0 Å². The van der Waals surface area contributed by atoms with Crippen molar-refractivity contribution in [1.82, 2.24) is 14.8 Å². The summed E-state index contributed by atoms with van der Waals surface area (Å²) in [6, 6.07) is -0.274. The summed E-state index contributed by atoms with van der Waals surface area (Å²) in [4.78, 5) is 46.2. The van der Waals surface area contributed by atoms with Gasteiger partial charge in [0.05, 0.1) is 23.8 Å². The maximum atomic E-state index is 13.1. The largest absolute Gasteiger partial charge is 0.477 e. The van der Waals surface area contributed by atoms with Gasteiger partial charge in [0.1, 0.15) is 12.3 Å². The Morgan fingerprint density at radius 1 is 1.37 bits per heavy atom. The van der Waals surface area contributed by atoms with Gasteiger partial charge in [-0.05, 0) is 45.5 Å². The Morgan fingerprint density at radius 2 is 2.08 bits per heavy atom. The molecule has 1 aromatic heterocycles. The van der Waals surface area contributed by atoms with Gasteiger partial charge in [-0.15, -0.1) is 11.3 Å². The lowest BCUT2D eigenvalue weighted by Gasteiger charge is -2.48. The van der Waals surface area contributed by atoms with Gasteiger partial charge in [0, 0.05) is 28.8 Å². The molecule has 3 aliphatic heterocycles. The number of aromatic nitrogens is 1. The van der Waals surface area contributed by atoms with Crippen LogP contribution in [0.5, 0.6) is 0 Å². The van der Waals surface area contributed by atoms with Crippen LogP contribution in [0.2, 0.25) is 19.6 Å². The van der Waals surface area contributed by atoms with Gasteiger partial charge >= 0.3 is 12.1 Å². The number of thiazole rings is 1. The molecule has 0 saturated carbocycles. The van der Waals surface area contributed by atoms with Crippen molar-refractivity contribution < 1.29 is 28.7 Å². The number of β-lactam (4-membered cyclic amide) rings is 1. The van der Waals surface area contributed by atoms with Crippen LogP contribution in [0.25, 0.3) is 5.57 Å². The number of thioether (sulfide) groups is 1. The van der Waals surface area contributed by atoms with Crippen LogP contribution in [0, 0.1) is 11.8 Å². The quantitative estimate of drug-likeness (QED) is 0.247. The molecule has 1 aromatic rings. The van der Waals surface area contributed by atoms with Crippen LogP contribution in [0.15, 0.2) is 39.1 Å². The average molecular weight is 578 g/mol. The highest BCUT2D eigenvalue weighted by molar-refractivity contribution is 8.04. The van der Waals surface area contributed by atoms with E-state index in [-0.39, 0.29) is 54.3 Å². The monoisotopic (exact) mass is 577 g/mol. The number of carboxylic acids is 1. The first-order valence-electron chi connectivity index (χ1n) is 12.7. The summed E-state index contributed by atoms with van der Waals surface area (Å²) < 4.78 is 12.1. The van der Waals surface area contributed by atoms with E-state index in [1.54, 1.807) is 11.0 Å². The highest BCUT2D eigenvalue weighted by atomic mass is 32.2. The molecule has 0 aliphatic carbocycles. The van der Waals surface area contributed by atoms with Crippen LogP contribution < -0.4 is 0 Å². The molecule has 9 nitrogen and oxygen atoms in total. The van der Waals surface area contributed by atoms with Crippen molar-refractivity contribution in [3.05, 3.63) is 40.4 Å². The number of fused-ring (bicyclic) bond motifs is 1. The molecule has 0 radical (unpaired) electrons. The minimum absolute atomic E-state index is 0.0481. The second-order valence-electron chi connectivity index (χ2n) is 10.9. The third-order valence-electron chi connectivity index (χ3n) is 6.99. The maximum Gasteiger partial charge on any atom is 0.410 e. The molecule has 0 bridgehead atoms. The standard InChI is InChI=1S/C26H35N3O6S2Si/c1-8-11-34-26(33)28-10-9-17(12-14(28)2)18-13-36-25(27-18)37-22-15(3)20-19(16(4)35-38(5,6)7)23(30)29(20)21(22)24(31)32/h8-9,13-16,19-20H,1,10-12H2,2-7H3,(H,31,32)/t14-,15-,16-,19-,20-/m1/s1. The van der Waals surface area contributed by atoms with Crippen molar-refractivity contribution in [1.29, 1.82) is 0 Å². The maximum absolute atomic E-state index is 13.1. The lowest BCUT2D eigenvalue weighted by molar-refractivity contribution is -0.162. The van der Waals surface area contributed by atoms with E-state index in [4.69, 9.17) is 14.1 Å². The van der Waals surface area contributed by atoms with Gasteiger partial charge in [0.2, 0.25) is 5.91 Å². The number of hydrogen-bond acceptors (Lipinski definition) is 8. The topological polar surface area (TPSA) is 109 Å². The first kappa shape index (κ1) is 28.6. The molecule has 0 unspecified atom stereocenters. The van der Waals surface area contributed by atoms with E-state index in [1.807, 2.05) is 32.2 Å². The van der Waals surface area contributed by atoms with Crippen LogP contribution in [0.4, 0.5) is 4.79 Å². The van der Waals surface area contributed by atoms with Crippen LogP contribution in [0.3, 0.4) is 0 Å². The van der Waals surface area contributed by atoms with Crippen LogP contribution in [-0.4, -0.2) is 77.5 Å². The molecule has 4 rings (SSSR count). The Bertz CT molecular complexity index is 1210. The molecule has 206 valence electrons. The summed E-state index contributed by atoms with van der Waals surface area (Å²) in [6.45, 7) is 16.3. The minimum atomic E-state index is -1.87. The molecule has 0 spiro atoms. The fourth-order valence-electron chi connectivity index (χ4n) is 5.40. The number of carbonyl (C=O) groups excluding carboxylic acids is 2. The lowest BCUT2D eigenvalue weighted by Crippen LogP contribution is -2.64. The van der Waals surface area contributed by atoms with Crippen LogP contribution in [-0.2, 0) is 18.8 Å². The van der Waals surface area contributed by atoms with Crippen molar-refractivity contribution in [2.24, 2.45) is 11.8 Å². The number of hydrogen-bond donors (Lipinski definition) is 1. The van der Waals surface area contributed by atoms with Gasteiger partial charge in [-0.25, -0.2) is 14.6 Å². The Balaban J connectivity index is 1.50. The summed E-state index contributed by atoms with van der Waals surface area (Å²) in [7, 11) is -1.87. The van der Waals surface area contributed by atoms with E-state index in [0.717, 1.165) is 15.6 Å².